The highest BCUT2D eigenvalue weighted by atomic mass is 16.3. The first-order chi connectivity index (χ1) is 11.1. The van der Waals surface area contributed by atoms with Gasteiger partial charge in [0.1, 0.15) is 5.75 Å². The molecule has 0 aliphatic carbocycles. The zero-order chi connectivity index (χ0) is 16.4. The van der Waals surface area contributed by atoms with Crippen molar-refractivity contribution in [1.82, 2.24) is 9.88 Å². The molecule has 0 atom stereocenters. The number of phenols is 1. The summed E-state index contributed by atoms with van der Waals surface area (Å²) in [7, 11) is 0. The lowest BCUT2D eigenvalue weighted by atomic mass is 10.1. The molecule has 120 valence electrons. The van der Waals surface area contributed by atoms with Crippen molar-refractivity contribution >= 4 is 11.6 Å². The van der Waals surface area contributed by atoms with E-state index in [4.69, 9.17) is 0 Å². The molecule has 23 heavy (non-hydrogen) atoms. The Labute approximate surface area is 136 Å². The molecule has 1 fully saturated rings. The molecule has 1 aliphatic rings. The van der Waals surface area contributed by atoms with Crippen LogP contribution in [0, 0.1) is 13.8 Å². The van der Waals surface area contributed by atoms with Gasteiger partial charge in [-0.2, -0.15) is 0 Å². The third-order valence-corrected chi connectivity index (χ3v) is 4.34. The maximum absolute atomic E-state index is 12.7. The van der Waals surface area contributed by atoms with E-state index in [2.05, 4.69) is 16.8 Å². The van der Waals surface area contributed by atoms with Gasteiger partial charge in [-0.25, -0.2) is 0 Å². The van der Waals surface area contributed by atoms with E-state index >= 15 is 0 Å². The lowest BCUT2D eigenvalue weighted by Crippen LogP contribution is -2.49. The van der Waals surface area contributed by atoms with Gasteiger partial charge in [-0.1, -0.05) is 0 Å². The Balaban J connectivity index is 1.69. The van der Waals surface area contributed by atoms with Crippen LogP contribution in [0.2, 0.25) is 0 Å². The van der Waals surface area contributed by atoms with Crippen molar-refractivity contribution in [3.63, 3.8) is 0 Å². The number of aromatic nitrogens is 1. The number of phenolic OH excluding ortho intramolecular Hbond substituents is 1. The van der Waals surface area contributed by atoms with Crippen LogP contribution in [0.3, 0.4) is 0 Å². The largest absolute Gasteiger partial charge is 0.508 e. The average Bonchev–Trinajstić information content (AvgIpc) is 2.55. The Morgan fingerprint density at radius 2 is 1.83 bits per heavy atom. The molecule has 2 aromatic rings. The maximum Gasteiger partial charge on any atom is 0.254 e. The number of nitrogens with zero attached hydrogens (tertiary/aromatic N) is 3. The summed E-state index contributed by atoms with van der Waals surface area (Å²) in [5.74, 6) is 0.227. The van der Waals surface area contributed by atoms with Gasteiger partial charge in [-0.05, 0) is 49.2 Å². The van der Waals surface area contributed by atoms with Crippen LogP contribution in [-0.2, 0) is 0 Å². The number of carbonyl (C=O) groups is 1. The van der Waals surface area contributed by atoms with E-state index in [0.717, 1.165) is 24.2 Å². The maximum atomic E-state index is 12.7. The molecule has 0 saturated carbocycles. The first kappa shape index (κ1) is 15.3. The van der Waals surface area contributed by atoms with Gasteiger partial charge in [-0.15, -0.1) is 0 Å². The molecule has 5 nitrogen and oxygen atoms in total. The van der Waals surface area contributed by atoms with Crippen molar-refractivity contribution in [2.45, 2.75) is 13.8 Å². The highest BCUT2D eigenvalue weighted by molar-refractivity contribution is 5.96. The van der Waals surface area contributed by atoms with Crippen LogP contribution in [0.25, 0.3) is 0 Å². The molecule has 0 unspecified atom stereocenters. The number of pyridine rings is 1. The number of carbonyl (C=O) groups excluding carboxylic acids is 1. The third kappa shape index (κ3) is 3.13. The average molecular weight is 311 g/mol. The summed E-state index contributed by atoms with van der Waals surface area (Å²) in [6, 6.07) is 6.92. The number of benzene rings is 1. The van der Waals surface area contributed by atoms with Crippen molar-refractivity contribution in [2.24, 2.45) is 0 Å². The standard InChI is InChI=1S/C18H21N3O2/c1-13-11-15(22)3-4-16(13)18(23)21-9-7-20(8-10-21)17-5-6-19-12-14(17)2/h3-6,11-12,22H,7-10H2,1-2H3. The Morgan fingerprint density at radius 1 is 1.09 bits per heavy atom. The van der Waals surface area contributed by atoms with Gasteiger partial charge in [0.2, 0.25) is 0 Å². The topological polar surface area (TPSA) is 56.7 Å². The Kier molecular flexibility index (Phi) is 4.19. The van der Waals surface area contributed by atoms with Crippen LogP contribution in [0.1, 0.15) is 21.5 Å². The molecular weight excluding hydrogens is 290 g/mol. The van der Waals surface area contributed by atoms with E-state index < -0.39 is 0 Å². The molecule has 1 amide bonds. The van der Waals surface area contributed by atoms with Gasteiger partial charge < -0.3 is 14.9 Å². The Morgan fingerprint density at radius 3 is 2.48 bits per heavy atom. The van der Waals surface area contributed by atoms with Crippen LogP contribution in [0.4, 0.5) is 5.69 Å². The minimum Gasteiger partial charge on any atom is -0.508 e. The highest BCUT2D eigenvalue weighted by Crippen LogP contribution is 2.22. The predicted molar refractivity (Wildman–Crippen MR) is 89.9 cm³/mol. The summed E-state index contributed by atoms with van der Waals surface area (Å²) < 4.78 is 0. The fourth-order valence-electron chi connectivity index (χ4n) is 3.03. The second-order valence-corrected chi connectivity index (χ2v) is 5.94. The highest BCUT2D eigenvalue weighted by Gasteiger charge is 2.23. The lowest BCUT2D eigenvalue weighted by molar-refractivity contribution is 0.0746. The normalized spacial score (nSPS) is 14.9. The quantitative estimate of drug-likeness (QED) is 0.925. The zero-order valence-electron chi connectivity index (χ0n) is 13.5. The number of piperazine rings is 1. The zero-order valence-corrected chi connectivity index (χ0v) is 13.5. The summed E-state index contributed by atoms with van der Waals surface area (Å²) in [5.41, 5.74) is 3.81. The fourth-order valence-corrected chi connectivity index (χ4v) is 3.03. The van der Waals surface area contributed by atoms with E-state index in [1.807, 2.05) is 24.1 Å². The molecule has 1 saturated heterocycles. The number of hydrogen-bond donors (Lipinski definition) is 1. The fraction of sp³-hybridized carbons (Fsp3) is 0.333. The second kappa shape index (κ2) is 6.28. The van der Waals surface area contributed by atoms with Gasteiger partial charge >= 0.3 is 0 Å². The SMILES string of the molecule is Cc1cc(O)ccc1C(=O)N1CCN(c2ccncc2C)CC1. The number of aromatic hydroxyl groups is 1. The van der Waals surface area contributed by atoms with E-state index in [-0.39, 0.29) is 11.7 Å². The first-order valence-electron chi connectivity index (χ1n) is 7.80. The van der Waals surface area contributed by atoms with Gasteiger partial charge in [0, 0.05) is 49.8 Å². The van der Waals surface area contributed by atoms with Crippen LogP contribution in [-0.4, -0.2) is 47.1 Å². The molecule has 2 heterocycles. The van der Waals surface area contributed by atoms with E-state index in [0.29, 0.717) is 18.7 Å². The van der Waals surface area contributed by atoms with Crippen molar-refractivity contribution in [1.29, 1.82) is 0 Å². The van der Waals surface area contributed by atoms with Gasteiger partial charge in [0.05, 0.1) is 0 Å². The minimum absolute atomic E-state index is 0.0357. The number of hydrogen-bond acceptors (Lipinski definition) is 4. The number of aryl methyl sites for hydroxylation is 2. The summed E-state index contributed by atoms with van der Waals surface area (Å²) in [6.45, 7) is 6.92. The van der Waals surface area contributed by atoms with Crippen molar-refractivity contribution in [3.05, 3.63) is 53.3 Å². The Bertz CT molecular complexity index is 722. The van der Waals surface area contributed by atoms with Crippen LogP contribution >= 0.6 is 0 Å². The predicted octanol–water partition coefficient (Wildman–Crippen LogP) is 2.37. The summed E-state index contributed by atoms with van der Waals surface area (Å²) in [6.07, 6.45) is 3.67. The third-order valence-electron chi connectivity index (χ3n) is 4.34. The molecule has 3 rings (SSSR count). The first-order valence-corrected chi connectivity index (χ1v) is 7.80. The van der Waals surface area contributed by atoms with Crippen LogP contribution in [0.5, 0.6) is 5.75 Å². The summed E-state index contributed by atoms with van der Waals surface area (Å²) >= 11 is 0. The number of anilines is 1. The van der Waals surface area contributed by atoms with E-state index in [1.54, 1.807) is 24.4 Å². The molecule has 0 spiro atoms. The van der Waals surface area contributed by atoms with Gasteiger partial charge in [-0.3, -0.25) is 9.78 Å². The molecule has 1 aliphatic heterocycles. The molecule has 5 heteroatoms. The van der Waals surface area contributed by atoms with E-state index in [9.17, 15) is 9.90 Å². The van der Waals surface area contributed by atoms with Crippen molar-refractivity contribution < 1.29 is 9.90 Å². The van der Waals surface area contributed by atoms with E-state index in [1.165, 1.54) is 5.69 Å². The molecule has 0 bridgehead atoms. The van der Waals surface area contributed by atoms with Crippen molar-refractivity contribution in [2.75, 3.05) is 31.1 Å². The van der Waals surface area contributed by atoms with Crippen LogP contribution < -0.4 is 4.90 Å². The monoisotopic (exact) mass is 311 g/mol. The number of rotatable bonds is 2. The van der Waals surface area contributed by atoms with Gasteiger partial charge in [0.15, 0.2) is 0 Å². The lowest BCUT2D eigenvalue weighted by Gasteiger charge is -2.37. The molecule has 1 aromatic carbocycles. The Hall–Kier alpha value is -2.56. The second-order valence-electron chi connectivity index (χ2n) is 5.94. The minimum atomic E-state index is 0.0357. The van der Waals surface area contributed by atoms with Gasteiger partial charge in [0.25, 0.3) is 5.91 Å². The smallest absolute Gasteiger partial charge is 0.254 e. The summed E-state index contributed by atoms with van der Waals surface area (Å²) in [5, 5.41) is 9.48. The van der Waals surface area contributed by atoms with Crippen molar-refractivity contribution in [3.8, 4) is 5.75 Å². The molecular formula is C18H21N3O2. The number of amides is 1. The van der Waals surface area contributed by atoms with Crippen LogP contribution in [0.15, 0.2) is 36.7 Å². The molecule has 1 N–H and O–H groups in total. The molecule has 0 radical (unpaired) electrons. The molecule has 1 aromatic heterocycles. The summed E-state index contributed by atoms with van der Waals surface area (Å²) in [4.78, 5) is 21.0.